The number of hydrogen-bond donors (Lipinski definition) is 10. The van der Waals surface area contributed by atoms with Crippen molar-refractivity contribution in [2.75, 3.05) is 45.6 Å². The molecule has 14 nitrogen and oxygen atoms in total. The molecule has 16 heteroatoms. The first-order valence-corrected chi connectivity index (χ1v) is 36.2. The Bertz CT molecular complexity index is 2880. The van der Waals surface area contributed by atoms with E-state index in [1.54, 1.807) is 23.6 Å². The quantitative estimate of drug-likeness (QED) is 0.0407. The third-order valence-corrected chi connectivity index (χ3v) is 31.9. The summed E-state index contributed by atoms with van der Waals surface area (Å²) in [5.74, 6) is -1.26. The number of nitrogens with zero attached hydrogens (tertiary/aromatic N) is 3. The standard InChI is InChI=1S/C68H101N7O7S2/c1-38(77)74-60(69)73-35-65-21-10-20-64-32-48(79)57(80)44(33-70-4)55(64)47(78)29-46(59(64)65)68(82)50-30-45-52-41(14-15-49(65)66(45,68)36-76)40-11-7-12-42-51(40)53(58(52)81)56(43-13-8-18-62(54(42)43)16-5-6-17-62)61(2,3)31-39(75-28-27-72-37-75)34-83-84-67(50)22-9-19-63(67)23-25-71-26-24-63/h27-29,37-41,44-45,48-50,52-55,57-59,70-71,76-77,79-82H,5-26,30-36H2,1-4H3,(H3,69,73,74)/t38-,39-,40+,41+,44-,45-,48+,49-,50-,52+,53-,54+,55+,57-,58+,59+,64+,65+,66+,67-,68+/m1/s1. The number of aliphatic imine (C=N–C) groups is 1. The molecular weight excluding hydrogens is 1090 g/mol. The van der Waals surface area contributed by atoms with Crippen molar-refractivity contribution in [2.45, 2.75) is 209 Å². The summed E-state index contributed by atoms with van der Waals surface area (Å²) in [6.45, 7) is 8.87. The Balaban J connectivity index is 1.03. The molecule has 1 aromatic heterocycles. The first kappa shape index (κ1) is 58.1. The lowest BCUT2D eigenvalue weighted by molar-refractivity contribution is -0.260. The van der Waals surface area contributed by atoms with Crippen LogP contribution in [-0.4, -0.2) is 132 Å². The van der Waals surface area contributed by atoms with E-state index in [1.807, 2.05) is 36.4 Å². The average molecular weight is 1190 g/mol. The topological polar surface area (TPSA) is 231 Å². The van der Waals surface area contributed by atoms with Crippen molar-refractivity contribution >= 4 is 33.3 Å². The lowest BCUT2D eigenvalue weighted by atomic mass is 9.31. The number of carbonyl (C=O) groups excluding carboxylic acids is 1. The Morgan fingerprint density at radius 1 is 0.929 bits per heavy atom. The highest BCUT2D eigenvalue weighted by atomic mass is 33.1. The van der Waals surface area contributed by atoms with Gasteiger partial charge < -0.3 is 56.9 Å². The van der Waals surface area contributed by atoms with Crippen LogP contribution in [0, 0.1) is 97.6 Å². The number of aliphatic hydroxyl groups excluding tert-OH is 5. The molecule has 12 aliphatic carbocycles. The predicted octanol–water partition coefficient (Wildman–Crippen LogP) is 8.39. The number of ketones is 1. The molecule has 0 aromatic carbocycles. The molecule has 0 radical (unpaired) electrons. The van der Waals surface area contributed by atoms with Crippen LogP contribution in [0.5, 0.6) is 0 Å². The highest BCUT2D eigenvalue weighted by Crippen LogP contribution is 2.85. The summed E-state index contributed by atoms with van der Waals surface area (Å²) in [5, 5.41) is 90.5. The average Bonchev–Trinajstić information content (AvgIpc) is 1.33. The zero-order valence-electron chi connectivity index (χ0n) is 50.9. The molecule has 84 heavy (non-hydrogen) atoms. The van der Waals surface area contributed by atoms with Crippen molar-refractivity contribution in [3.05, 3.63) is 52.7 Å². The van der Waals surface area contributed by atoms with Crippen LogP contribution >= 0.6 is 21.6 Å². The van der Waals surface area contributed by atoms with Crippen LogP contribution in [-0.2, 0) is 4.79 Å². The molecule has 3 heterocycles. The summed E-state index contributed by atoms with van der Waals surface area (Å²) in [6.07, 6.45) is 26.8. The van der Waals surface area contributed by atoms with Crippen LogP contribution in [0.2, 0.25) is 0 Å². The van der Waals surface area contributed by atoms with E-state index in [0.717, 1.165) is 114 Å². The van der Waals surface area contributed by atoms with E-state index in [0.29, 0.717) is 25.3 Å². The number of guanidine groups is 1. The van der Waals surface area contributed by atoms with Gasteiger partial charge in [-0.25, -0.2) is 4.98 Å². The van der Waals surface area contributed by atoms with Gasteiger partial charge in [0.1, 0.15) is 6.23 Å². The van der Waals surface area contributed by atoms with Gasteiger partial charge >= 0.3 is 0 Å². The summed E-state index contributed by atoms with van der Waals surface area (Å²) in [4.78, 5) is 26.3. The molecule has 4 spiro atoms. The van der Waals surface area contributed by atoms with Crippen molar-refractivity contribution in [3.8, 4) is 0 Å². The van der Waals surface area contributed by atoms with Crippen LogP contribution in [0.25, 0.3) is 0 Å². The zero-order valence-corrected chi connectivity index (χ0v) is 52.5. The molecule has 4 bridgehead atoms. The zero-order chi connectivity index (χ0) is 58.1. The molecular formula is C68H101N7O7S2. The summed E-state index contributed by atoms with van der Waals surface area (Å²) in [5.41, 5.74) is 9.49. The Kier molecular flexibility index (Phi) is 14.3. The normalized spacial score (nSPS) is 48.1. The molecule has 9 saturated carbocycles. The number of fused-ring (bicyclic) bond motifs is 10. The van der Waals surface area contributed by atoms with E-state index in [-0.39, 0.29) is 95.0 Å². The van der Waals surface area contributed by atoms with Gasteiger partial charge in [0, 0.05) is 82.4 Å². The third kappa shape index (κ3) is 7.62. The number of imidazole rings is 1. The van der Waals surface area contributed by atoms with Gasteiger partial charge in [-0.15, -0.1) is 0 Å². The van der Waals surface area contributed by atoms with Crippen LogP contribution in [0.1, 0.15) is 174 Å². The first-order valence-electron chi connectivity index (χ1n) is 33.9. The number of rotatable bonds is 7. The monoisotopic (exact) mass is 1190 g/mol. The fraction of sp³-hybridized carbons (Fsp3) is 0.838. The maximum absolute atomic E-state index is 16.2. The fourth-order valence-corrected chi connectivity index (χ4v) is 30.8. The second-order valence-corrected chi connectivity index (χ2v) is 34.3. The molecule has 0 amide bonds. The summed E-state index contributed by atoms with van der Waals surface area (Å²) >= 11 is 0. The largest absolute Gasteiger partial charge is 0.396 e. The van der Waals surface area contributed by atoms with Crippen molar-refractivity contribution in [3.63, 3.8) is 0 Å². The van der Waals surface area contributed by atoms with E-state index in [2.05, 4.69) is 51.4 Å². The number of nitrogens with one attached hydrogen (secondary N) is 3. The molecule has 15 rings (SSSR count). The summed E-state index contributed by atoms with van der Waals surface area (Å²) < 4.78 is 1.91. The number of hydrogen-bond acceptors (Lipinski definition) is 13. The lowest BCUT2D eigenvalue weighted by Crippen LogP contribution is -2.77. The summed E-state index contributed by atoms with van der Waals surface area (Å²) in [6, 6.07) is 0.116. The first-order chi connectivity index (χ1) is 40.4. The van der Waals surface area contributed by atoms with E-state index >= 15 is 9.90 Å². The highest BCUT2D eigenvalue weighted by molar-refractivity contribution is 8.77. The van der Waals surface area contributed by atoms with Gasteiger partial charge in [-0.3, -0.25) is 9.79 Å². The second kappa shape index (κ2) is 20.6. The molecule has 2 aliphatic heterocycles. The minimum Gasteiger partial charge on any atom is -0.396 e. The molecule has 462 valence electrons. The van der Waals surface area contributed by atoms with Gasteiger partial charge in [0.15, 0.2) is 11.7 Å². The molecule has 11 fully saturated rings. The van der Waals surface area contributed by atoms with E-state index in [9.17, 15) is 25.5 Å². The Hall–Kier alpha value is -2.25. The highest BCUT2D eigenvalue weighted by Gasteiger charge is 2.85. The van der Waals surface area contributed by atoms with Gasteiger partial charge in [-0.05, 0) is 218 Å². The minimum absolute atomic E-state index is 0.0752. The number of aromatic nitrogens is 2. The van der Waals surface area contributed by atoms with Gasteiger partial charge in [-0.1, -0.05) is 83.4 Å². The molecule has 0 unspecified atom stereocenters. The van der Waals surface area contributed by atoms with Gasteiger partial charge in [0.25, 0.3) is 0 Å². The molecule has 2 saturated heterocycles. The molecule has 11 N–H and O–H groups in total. The number of allylic oxidation sites excluding steroid dienone is 3. The van der Waals surface area contributed by atoms with Gasteiger partial charge in [0.05, 0.1) is 36.8 Å². The maximum atomic E-state index is 16.2. The van der Waals surface area contributed by atoms with Crippen molar-refractivity contribution in [2.24, 2.45) is 108 Å². The van der Waals surface area contributed by atoms with E-state index in [4.69, 9.17) is 15.7 Å². The Morgan fingerprint density at radius 3 is 2.45 bits per heavy atom. The van der Waals surface area contributed by atoms with Gasteiger partial charge in [-0.2, -0.15) is 0 Å². The van der Waals surface area contributed by atoms with Crippen LogP contribution in [0.4, 0.5) is 0 Å². The van der Waals surface area contributed by atoms with E-state index in [1.165, 1.54) is 44.1 Å². The maximum Gasteiger partial charge on any atom is 0.190 e. The molecule has 21 atom stereocenters. The Morgan fingerprint density at radius 2 is 1.70 bits per heavy atom. The lowest BCUT2D eigenvalue weighted by Gasteiger charge is -2.74. The van der Waals surface area contributed by atoms with E-state index < -0.39 is 68.9 Å². The predicted molar refractivity (Wildman–Crippen MR) is 330 cm³/mol. The number of nitrogens with two attached hydrogens (primary N) is 1. The minimum atomic E-state index is -1.69. The SMILES string of the molecule is CNC[C@H]1[C@@H](O)[C@@H](O)C[C@]23CCC[C@@]4(CN=C(N)N[C@@H](C)O)[C@H]2C(=CC(=O)[C@H]13)[C@]1(O)[C@@H]2C[C@@H]3[C@H]5[C@H](O)[C@@H]6C7=C(CCC[C@H]7[C@@H]5CC[C@H]4[C@]31CO)[C@H]1C(=C6C(C)(C)C[C@@H](n3ccnc3)CSS[C@]23CCCC32CCNCC2)CCCC12CCCC2. The Labute approximate surface area is 507 Å². The van der Waals surface area contributed by atoms with Crippen LogP contribution in [0.3, 0.4) is 0 Å². The van der Waals surface area contributed by atoms with Crippen molar-refractivity contribution in [1.82, 2.24) is 25.5 Å². The fourth-order valence-electron chi connectivity index (χ4n) is 26.5. The molecule has 14 aliphatic rings. The number of carbonyl (C=O) groups is 1. The van der Waals surface area contributed by atoms with Crippen molar-refractivity contribution < 1.29 is 35.4 Å². The molecule has 1 aromatic rings. The number of aliphatic hydroxyl groups is 6. The summed E-state index contributed by atoms with van der Waals surface area (Å²) in [7, 11) is 5.95. The van der Waals surface area contributed by atoms with Crippen LogP contribution in [0.15, 0.2) is 57.7 Å². The van der Waals surface area contributed by atoms with Gasteiger partial charge in [0.2, 0.25) is 0 Å². The van der Waals surface area contributed by atoms with Crippen LogP contribution < -0.4 is 21.7 Å². The van der Waals surface area contributed by atoms with Crippen molar-refractivity contribution in [1.29, 1.82) is 0 Å². The number of piperidine rings is 1. The third-order valence-electron chi connectivity index (χ3n) is 28.4. The second-order valence-electron chi connectivity index (χ2n) is 31.6. The smallest absolute Gasteiger partial charge is 0.190 e.